The summed E-state index contributed by atoms with van der Waals surface area (Å²) in [6.45, 7) is 6.89. The highest BCUT2D eigenvalue weighted by Crippen LogP contribution is 2.27. The van der Waals surface area contributed by atoms with Crippen LogP contribution in [0.1, 0.15) is 54.4 Å². The summed E-state index contributed by atoms with van der Waals surface area (Å²) in [7, 11) is 0. The van der Waals surface area contributed by atoms with Gasteiger partial charge in [-0.3, -0.25) is 9.59 Å². The molecule has 24 heavy (non-hydrogen) atoms. The van der Waals surface area contributed by atoms with Crippen LogP contribution in [0.25, 0.3) is 11.1 Å². The van der Waals surface area contributed by atoms with E-state index >= 15 is 0 Å². The lowest BCUT2D eigenvalue weighted by molar-refractivity contribution is -0.123. The molecule has 0 aromatic carbocycles. The van der Waals surface area contributed by atoms with E-state index < -0.39 is 0 Å². The largest absolute Gasteiger partial charge is 0.369 e. The smallest absolute Gasteiger partial charge is 0.259 e. The van der Waals surface area contributed by atoms with E-state index in [1.165, 1.54) is 0 Å². The van der Waals surface area contributed by atoms with Gasteiger partial charge in [-0.05, 0) is 31.7 Å². The lowest BCUT2D eigenvalue weighted by Gasteiger charge is -2.30. The number of aromatic nitrogens is 2. The van der Waals surface area contributed by atoms with Gasteiger partial charge in [0.1, 0.15) is 0 Å². The van der Waals surface area contributed by atoms with Gasteiger partial charge in [0.2, 0.25) is 5.91 Å². The predicted molar refractivity (Wildman–Crippen MR) is 88.5 cm³/mol. The van der Waals surface area contributed by atoms with E-state index in [1.807, 2.05) is 19.9 Å². The molecule has 7 heteroatoms. The first kappa shape index (κ1) is 16.4. The zero-order chi connectivity index (χ0) is 17.4. The lowest BCUT2D eigenvalue weighted by atomic mass is 9.95. The number of piperidine rings is 1. The minimum absolute atomic E-state index is 0.0708. The van der Waals surface area contributed by atoms with E-state index in [9.17, 15) is 9.59 Å². The number of carbonyl (C=O) groups is 2. The van der Waals surface area contributed by atoms with Crippen LogP contribution in [-0.2, 0) is 4.79 Å². The quantitative estimate of drug-likeness (QED) is 0.927. The Morgan fingerprint density at radius 1 is 1.33 bits per heavy atom. The Morgan fingerprint density at radius 2 is 2.00 bits per heavy atom. The molecule has 128 valence electrons. The Morgan fingerprint density at radius 3 is 2.58 bits per heavy atom. The summed E-state index contributed by atoms with van der Waals surface area (Å²) in [4.78, 5) is 30.5. The van der Waals surface area contributed by atoms with E-state index in [0.29, 0.717) is 48.3 Å². The van der Waals surface area contributed by atoms with Gasteiger partial charge in [-0.15, -0.1) is 0 Å². The van der Waals surface area contributed by atoms with Gasteiger partial charge in [0, 0.05) is 24.7 Å². The zero-order valence-corrected chi connectivity index (χ0v) is 14.2. The average Bonchev–Trinajstić information content (AvgIpc) is 2.94. The number of nitrogens with zero attached hydrogens (tertiary/aromatic N) is 3. The monoisotopic (exact) mass is 330 g/mol. The average molecular weight is 330 g/mol. The summed E-state index contributed by atoms with van der Waals surface area (Å²) in [5.74, 6) is -0.328. The van der Waals surface area contributed by atoms with E-state index in [1.54, 1.807) is 11.8 Å². The number of carbonyl (C=O) groups excluding carboxylic acids is 2. The standard InChI is InChI=1S/C17H22N4O3/c1-9(2)13-8-12(14-10(3)20-24-16(14)19-13)17(23)21-6-4-11(5-7-21)15(18)22/h8-9,11H,4-7H2,1-3H3,(H2,18,22). The van der Waals surface area contributed by atoms with Gasteiger partial charge in [-0.2, -0.15) is 0 Å². The summed E-state index contributed by atoms with van der Waals surface area (Å²) in [6.07, 6.45) is 1.21. The van der Waals surface area contributed by atoms with Gasteiger partial charge < -0.3 is 15.2 Å². The van der Waals surface area contributed by atoms with Crippen molar-refractivity contribution in [1.82, 2.24) is 15.0 Å². The highest BCUT2D eigenvalue weighted by Gasteiger charge is 2.29. The fourth-order valence-corrected chi connectivity index (χ4v) is 3.12. The molecule has 3 rings (SSSR count). The Balaban J connectivity index is 1.95. The Kier molecular flexibility index (Phi) is 4.26. The zero-order valence-electron chi connectivity index (χ0n) is 14.2. The molecule has 2 aromatic rings. The van der Waals surface area contributed by atoms with Crippen LogP contribution in [-0.4, -0.2) is 39.9 Å². The molecule has 1 saturated heterocycles. The number of hydrogen-bond acceptors (Lipinski definition) is 5. The second-order valence-electron chi connectivity index (χ2n) is 6.67. The highest BCUT2D eigenvalue weighted by molar-refractivity contribution is 6.06. The molecule has 0 saturated carbocycles. The highest BCUT2D eigenvalue weighted by atomic mass is 16.5. The van der Waals surface area contributed by atoms with E-state index in [-0.39, 0.29) is 23.7 Å². The van der Waals surface area contributed by atoms with Gasteiger partial charge >= 0.3 is 0 Å². The van der Waals surface area contributed by atoms with Gasteiger partial charge in [-0.1, -0.05) is 19.0 Å². The molecule has 1 aliphatic rings. The van der Waals surface area contributed by atoms with Crippen molar-refractivity contribution in [3.05, 3.63) is 23.0 Å². The summed E-state index contributed by atoms with van der Waals surface area (Å²) in [5, 5.41) is 4.62. The molecule has 0 bridgehead atoms. The van der Waals surface area contributed by atoms with Gasteiger partial charge in [0.05, 0.1) is 16.6 Å². The van der Waals surface area contributed by atoms with Crippen molar-refractivity contribution in [3.63, 3.8) is 0 Å². The van der Waals surface area contributed by atoms with Crippen molar-refractivity contribution >= 4 is 22.9 Å². The van der Waals surface area contributed by atoms with Crippen molar-refractivity contribution in [2.45, 2.75) is 39.5 Å². The maximum absolute atomic E-state index is 13.0. The Bertz CT molecular complexity index is 788. The molecule has 2 aromatic heterocycles. The molecule has 0 radical (unpaired) electrons. The molecule has 1 fully saturated rings. The number of primary amides is 1. The number of pyridine rings is 1. The molecule has 7 nitrogen and oxygen atoms in total. The molecule has 2 amide bonds. The summed E-state index contributed by atoms with van der Waals surface area (Å²) >= 11 is 0. The van der Waals surface area contributed by atoms with Crippen LogP contribution in [0.4, 0.5) is 0 Å². The van der Waals surface area contributed by atoms with Crippen LogP contribution < -0.4 is 5.73 Å². The number of rotatable bonds is 3. The summed E-state index contributed by atoms with van der Waals surface area (Å²) in [6, 6.07) is 1.83. The maximum atomic E-state index is 13.0. The second-order valence-corrected chi connectivity index (χ2v) is 6.67. The number of likely N-dealkylation sites (tertiary alicyclic amines) is 1. The molecular weight excluding hydrogens is 308 g/mol. The first-order chi connectivity index (χ1) is 11.4. The summed E-state index contributed by atoms with van der Waals surface area (Å²) in [5.41, 5.74) is 7.78. The lowest BCUT2D eigenvalue weighted by Crippen LogP contribution is -2.41. The maximum Gasteiger partial charge on any atom is 0.259 e. The van der Waals surface area contributed by atoms with Crippen molar-refractivity contribution in [2.24, 2.45) is 11.7 Å². The Labute approximate surface area is 140 Å². The third-order valence-electron chi connectivity index (χ3n) is 4.64. The van der Waals surface area contributed by atoms with Gasteiger partial charge in [0.15, 0.2) is 0 Å². The predicted octanol–water partition coefficient (Wildman–Crippen LogP) is 1.99. The van der Waals surface area contributed by atoms with Crippen LogP contribution in [0.5, 0.6) is 0 Å². The van der Waals surface area contributed by atoms with E-state index in [0.717, 1.165) is 5.69 Å². The van der Waals surface area contributed by atoms with Crippen molar-refractivity contribution in [1.29, 1.82) is 0 Å². The molecular formula is C17H22N4O3. The summed E-state index contributed by atoms with van der Waals surface area (Å²) < 4.78 is 5.27. The van der Waals surface area contributed by atoms with Crippen molar-refractivity contribution < 1.29 is 14.1 Å². The fourth-order valence-electron chi connectivity index (χ4n) is 3.12. The van der Waals surface area contributed by atoms with Crippen LogP contribution in [0.15, 0.2) is 10.6 Å². The molecule has 0 aliphatic carbocycles. The first-order valence-corrected chi connectivity index (χ1v) is 8.24. The first-order valence-electron chi connectivity index (χ1n) is 8.24. The molecule has 3 heterocycles. The van der Waals surface area contributed by atoms with E-state index in [2.05, 4.69) is 10.1 Å². The third-order valence-corrected chi connectivity index (χ3v) is 4.64. The molecule has 1 aliphatic heterocycles. The number of fused-ring (bicyclic) bond motifs is 1. The molecule has 0 atom stereocenters. The molecule has 0 spiro atoms. The van der Waals surface area contributed by atoms with Crippen molar-refractivity contribution in [3.8, 4) is 0 Å². The topological polar surface area (TPSA) is 102 Å². The second kappa shape index (κ2) is 6.22. The van der Waals surface area contributed by atoms with Crippen LogP contribution in [0.3, 0.4) is 0 Å². The number of hydrogen-bond donors (Lipinski definition) is 1. The number of amides is 2. The minimum atomic E-state index is -0.287. The van der Waals surface area contributed by atoms with Crippen molar-refractivity contribution in [2.75, 3.05) is 13.1 Å². The molecule has 0 unspecified atom stereocenters. The number of nitrogens with two attached hydrogens (primary N) is 1. The van der Waals surface area contributed by atoms with Gasteiger partial charge in [-0.25, -0.2) is 4.98 Å². The minimum Gasteiger partial charge on any atom is -0.369 e. The fraction of sp³-hybridized carbons (Fsp3) is 0.529. The Hall–Kier alpha value is -2.44. The van der Waals surface area contributed by atoms with Crippen LogP contribution >= 0.6 is 0 Å². The SMILES string of the molecule is Cc1noc2nc(C(C)C)cc(C(=O)N3CCC(C(N)=O)CC3)c12. The van der Waals surface area contributed by atoms with Crippen LogP contribution in [0, 0.1) is 12.8 Å². The van der Waals surface area contributed by atoms with Gasteiger partial charge in [0.25, 0.3) is 11.6 Å². The third kappa shape index (κ3) is 2.86. The normalized spacial score (nSPS) is 16.1. The molecule has 2 N–H and O–H groups in total. The number of aryl methyl sites for hydroxylation is 1. The van der Waals surface area contributed by atoms with E-state index in [4.69, 9.17) is 10.3 Å². The van der Waals surface area contributed by atoms with Crippen LogP contribution in [0.2, 0.25) is 0 Å².